The van der Waals surface area contributed by atoms with Gasteiger partial charge in [-0.1, -0.05) is 18.5 Å². The Labute approximate surface area is 130 Å². The minimum atomic E-state index is -3.12. The Morgan fingerprint density at radius 2 is 2.10 bits per heavy atom. The summed E-state index contributed by atoms with van der Waals surface area (Å²) >= 11 is 6.00. The van der Waals surface area contributed by atoms with Crippen molar-refractivity contribution >= 4 is 33.2 Å². The molecule has 118 valence electrons. The molecule has 1 amide bonds. The zero-order valence-corrected chi connectivity index (χ0v) is 14.0. The van der Waals surface area contributed by atoms with Gasteiger partial charge in [0.2, 0.25) is 0 Å². The number of hydrogen-bond donors (Lipinski definition) is 1. The molecule has 0 bridgehead atoms. The summed E-state index contributed by atoms with van der Waals surface area (Å²) in [5.74, 6) is 0.0746. The molecular weight excluding hydrogens is 314 g/mol. The van der Waals surface area contributed by atoms with Crippen molar-refractivity contribution in [2.45, 2.75) is 13.3 Å². The fourth-order valence-electron chi connectivity index (χ4n) is 1.53. The van der Waals surface area contributed by atoms with Crippen LogP contribution in [0.25, 0.3) is 0 Å². The van der Waals surface area contributed by atoms with Crippen LogP contribution in [-0.2, 0) is 9.84 Å². The summed E-state index contributed by atoms with van der Waals surface area (Å²) in [6, 6.07) is 3.30. The van der Waals surface area contributed by atoms with Crippen LogP contribution in [-0.4, -0.2) is 56.4 Å². The summed E-state index contributed by atoms with van der Waals surface area (Å²) in [7, 11) is -1.60. The molecule has 1 aromatic rings. The number of carbonyl (C=O) groups is 1. The molecule has 1 rings (SSSR count). The molecule has 0 aromatic carbocycles. The van der Waals surface area contributed by atoms with Crippen LogP contribution < -0.4 is 5.32 Å². The Hall–Kier alpha value is -1.34. The average molecular weight is 334 g/mol. The molecule has 0 aliphatic rings. The Kier molecular flexibility index (Phi) is 6.42. The van der Waals surface area contributed by atoms with Gasteiger partial charge in [-0.25, -0.2) is 13.4 Å². The summed E-state index contributed by atoms with van der Waals surface area (Å²) in [5, 5.41) is 3.32. The van der Waals surface area contributed by atoms with E-state index in [-0.39, 0.29) is 23.0 Å². The number of pyridine rings is 1. The second kappa shape index (κ2) is 7.61. The van der Waals surface area contributed by atoms with Crippen LogP contribution in [0, 0.1) is 0 Å². The van der Waals surface area contributed by atoms with Crippen molar-refractivity contribution in [1.82, 2.24) is 9.88 Å². The minimum Gasteiger partial charge on any atom is -0.370 e. The van der Waals surface area contributed by atoms with E-state index in [4.69, 9.17) is 11.6 Å². The lowest BCUT2D eigenvalue weighted by Gasteiger charge is -2.17. The van der Waals surface area contributed by atoms with E-state index in [1.54, 1.807) is 12.1 Å². The van der Waals surface area contributed by atoms with E-state index >= 15 is 0 Å². The maximum atomic E-state index is 12.3. The topological polar surface area (TPSA) is 79.4 Å². The van der Waals surface area contributed by atoms with Gasteiger partial charge >= 0.3 is 0 Å². The monoisotopic (exact) mass is 333 g/mol. The highest BCUT2D eigenvalue weighted by molar-refractivity contribution is 7.90. The Morgan fingerprint density at radius 1 is 1.43 bits per heavy atom. The van der Waals surface area contributed by atoms with E-state index in [9.17, 15) is 13.2 Å². The summed E-state index contributed by atoms with van der Waals surface area (Å²) in [5.41, 5.74) is 0.119. The first-order valence-electron chi connectivity index (χ1n) is 6.58. The molecule has 0 spiro atoms. The molecular formula is C13H20ClN3O3S. The number of carbonyl (C=O) groups excluding carboxylic acids is 1. The lowest BCUT2D eigenvalue weighted by Crippen LogP contribution is -2.32. The molecule has 1 heterocycles. The third-order valence-corrected chi connectivity index (χ3v) is 3.98. The maximum Gasteiger partial charge on any atom is 0.273 e. The smallest absolute Gasteiger partial charge is 0.273 e. The van der Waals surface area contributed by atoms with Crippen LogP contribution in [0.4, 0.5) is 5.82 Å². The zero-order chi connectivity index (χ0) is 16.0. The van der Waals surface area contributed by atoms with Crippen LogP contribution >= 0.6 is 11.6 Å². The third-order valence-electron chi connectivity index (χ3n) is 2.75. The van der Waals surface area contributed by atoms with Crippen molar-refractivity contribution in [3.63, 3.8) is 0 Å². The van der Waals surface area contributed by atoms with Crippen molar-refractivity contribution in [3.8, 4) is 0 Å². The van der Waals surface area contributed by atoms with E-state index in [2.05, 4.69) is 10.3 Å². The lowest BCUT2D eigenvalue weighted by molar-refractivity contribution is 0.0798. The molecule has 6 nitrogen and oxygen atoms in total. The van der Waals surface area contributed by atoms with Gasteiger partial charge in [-0.05, 0) is 18.6 Å². The van der Waals surface area contributed by atoms with Gasteiger partial charge in [-0.3, -0.25) is 4.79 Å². The molecule has 0 unspecified atom stereocenters. The van der Waals surface area contributed by atoms with Gasteiger partial charge in [0, 0.05) is 26.4 Å². The van der Waals surface area contributed by atoms with Gasteiger partial charge in [-0.15, -0.1) is 0 Å². The van der Waals surface area contributed by atoms with E-state index in [1.165, 1.54) is 11.9 Å². The molecule has 0 fully saturated rings. The van der Waals surface area contributed by atoms with Gasteiger partial charge in [0.25, 0.3) is 5.91 Å². The van der Waals surface area contributed by atoms with E-state index in [0.29, 0.717) is 5.82 Å². The number of amides is 1. The van der Waals surface area contributed by atoms with Crippen molar-refractivity contribution in [3.05, 3.63) is 22.8 Å². The highest BCUT2D eigenvalue weighted by Crippen LogP contribution is 2.18. The quantitative estimate of drug-likeness (QED) is 0.821. The molecule has 8 heteroatoms. The van der Waals surface area contributed by atoms with Gasteiger partial charge in [-0.2, -0.15) is 0 Å². The predicted octanol–water partition coefficient (Wildman–Crippen LogP) is 1.67. The molecule has 0 aliphatic heterocycles. The minimum absolute atomic E-state index is 0.0966. The molecule has 1 aromatic heterocycles. The van der Waals surface area contributed by atoms with Crippen molar-refractivity contribution in [2.24, 2.45) is 0 Å². The maximum absolute atomic E-state index is 12.3. The first-order chi connectivity index (χ1) is 9.74. The molecule has 0 saturated heterocycles. The van der Waals surface area contributed by atoms with Gasteiger partial charge in [0.05, 0.1) is 10.8 Å². The van der Waals surface area contributed by atoms with Crippen LogP contribution in [0.3, 0.4) is 0 Å². The summed E-state index contributed by atoms with van der Waals surface area (Å²) < 4.78 is 22.3. The number of nitrogens with one attached hydrogen (secondary N) is 1. The average Bonchev–Trinajstić information content (AvgIpc) is 2.42. The largest absolute Gasteiger partial charge is 0.370 e. The number of anilines is 1. The molecule has 0 saturated carbocycles. The predicted molar refractivity (Wildman–Crippen MR) is 84.7 cm³/mol. The van der Waals surface area contributed by atoms with Crippen molar-refractivity contribution in [2.75, 3.05) is 37.5 Å². The SMILES string of the molecule is CCCNc1ccc(Cl)c(C(=O)N(C)CCS(C)(=O)=O)n1. The van der Waals surface area contributed by atoms with Gasteiger partial charge in [0.15, 0.2) is 0 Å². The second-order valence-electron chi connectivity index (χ2n) is 4.81. The normalized spacial score (nSPS) is 11.2. The van der Waals surface area contributed by atoms with E-state index in [1.807, 2.05) is 6.92 Å². The van der Waals surface area contributed by atoms with Crippen LogP contribution in [0.5, 0.6) is 0 Å². The van der Waals surface area contributed by atoms with Crippen molar-refractivity contribution in [1.29, 1.82) is 0 Å². The number of hydrogen-bond acceptors (Lipinski definition) is 5. The third kappa shape index (κ3) is 5.89. The molecule has 0 aliphatic carbocycles. The fourth-order valence-corrected chi connectivity index (χ4v) is 2.32. The Morgan fingerprint density at radius 3 is 2.67 bits per heavy atom. The number of nitrogens with zero attached hydrogens (tertiary/aromatic N) is 2. The van der Waals surface area contributed by atoms with Crippen molar-refractivity contribution < 1.29 is 13.2 Å². The molecule has 0 atom stereocenters. The van der Waals surface area contributed by atoms with Gasteiger partial charge < -0.3 is 10.2 Å². The van der Waals surface area contributed by atoms with E-state index < -0.39 is 15.7 Å². The number of halogens is 1. The highest BCUT2D eigenvalue weighted by Gasteiger charge is 2.18. The van der Waals surface area contributed by atoms with Crippen LogP contribution in [0.15, 0.2) is 12.1 Å². The van der Waals surface area contributed by atoms with Crippen LogP contribution in [0.2, 0.25) is 5.02 Å². The summed E-state index contributed by atoms with van der Waals surface area (Å²) in [6.45, 7) is 2.86. The molecule has 21 heavy (non-hydrogen) atoms. The van der Waals surface area contributed by atoms with Gasteiger partial charge in [0.1, 0.15) is 21.3 Å². The highest BCUT2D eigenvalue weighted by atomic mass is 35.5. The first kappa shape index (κ1) is 17.7. The first-order valence-corrected chi connectivity index (χ1v) is 9.02. The second-order valence-corrected chi connectivity index (χ2v) is 7.48. The Bertz CT molecular complexity index is 605. The van der Waals surface area contributed by atoms with Crippen LogP contribution in [0.1, 0.15) is 23.8 Å². The Balaban J connectivity index is 2.85. The summed E-state index contributed by atoms with van der Waals surface area (Å²) in [4.78, 5) is 17.8. The molecule has 1 N–H and O–H groups in total. The number of sulfone groups is 1. The number of aromatic nitrogens is 1. The summed E-state index contributed by atoms with van der Waals surface area (Å²) in [6.07, 6.45) is 2.06. The lowest BCUT2D eigenvalue weighted by atomic mass is 10.3. The zero-order valence-electron chi connectivity index (χ0n) is 12.4. The number of rotatable bonds is 7. The standard InChI is InChI=1S/C13H20ClN3O3S/c1-4-7-15-11-6-5-10(14)12(16-11)13(18)17(2)8-9-21(3,19)20/h5-6H,4,7-9H2,1-3H3,(H,15,16). The van der Waals surface area contributed by atoms with E-state index in [0.717, 1.165) is 19.2 Å². The molecule has 0 radical (unpaired) electrons. The fraction of sp³-hybridized carbons (Fsp3) is 0.538.